The Bertz CT molecular complexity index is 669. The van der Waals surface area contributed by atoms with Crippen molar-refractivity contribution < 1.29 is 13.2 Å². The van der Waals surface area contributed by atoms with Gasteiger partial charge in [-0.1, -0.05) is 23.7 Å². The van der Waals surface area contributed by atoms with Gasteiger partial charge >= 0.3 is 0 Å². The van der Waals surface area contributed by atoms with E-state index in [-0.39, 0.29) is 11.7 Å². The van der Waals surface area contributed by atoms with Crippen molar-refractivity contribution in [3.63, 3.8) is 0 Å². The van der Waals surface area contributed by atoms with Crippen LogP contribution in [0.4, 0.5) is 18.9 Å². The summed E-state index contributed by atoms with van der Waals surface area (Å²) in [4.78, 5) is 0. The van der Waals surface area contributed by atoms with Crippen LogP contribution in [-0.2, 0) is 0 Å². The molecule has 5 heteroatoms. The molecular formula is C16H13ClF3N. The molecular weight excluding hydrogens is 299 g/mol. The Balaban J connectivity index is 1.64. The minimum atomic E-state index is -1.44. The van der Waals surface area contributed by atoms with Gasteiger partial charge in [0.05, 0.1) is 5.69 Å². The van der Waals surface area contributed by atoms with Gasteiger partial charge in [0, 0.05) is 11.1 Å². The molecule has 0 unspecified atom stereocenters. The Kier molecular flexibility index (Phi) is 3.81. The van der Waals surface area contributed by atoms with E-state index in [0.29, 0.717) is 10.9 Å². The first-order valence-electron chi connectivity index (χ1n) is 6.70. The Labute approximate surface area is 125 Å². The average Bonchev–Trinajstić information content (AvgIpc) is 2.42. The van der Waals surface area contributed by atoms with Gasteiger partial charge in [0.1, 0.15) is 0 Å². The van der Waals surface area contributed by atoms with Gasteiger partial charge in [-0.25, -0.2) is 13.2 Å². The molecule has 0 spiro atoms. The lowest BCUT2D eigenvalue weighted by Crippen LogP contribution is -2.34. The van der Waals surface area contributed by atoms with Crippen molar-refractivity contribution in [2.75, 3.05) is 5.32 Å². The summed E-state index contributed by atoms with van der Waals surface area (Å²) in [7, 11) is 0. The first-order valence-corrected chi connectivity index (χ1v) is 7.08. The van der Waals surface area contributed by atoms with Crippen molar-refractivity contribution in [2.45, 2.75) is 24.8 Å². The fourth-order valence-electron chi connectivity index (χ4n) is 2.63. The minimum absolute atomic E-state index is 0.00319. The molecule has 0 radical (unpaired) electrons. The Hall–Kier alpha value is -1.68. The molecule has 0 bridgehead atoms. The van der Waals surface area contributed by atoms with E-state index in [1.807, 2.05) is 24.3 Å². The van der Waals surface area contributed by atoms with Gasteiger partial charge in [0.2, 0.25) is 0 Å². The average molecular weight is 312 g/mol. The summed E-state index contributed by atoms with van der Waals surface area (Å²) in [6.45, 7) is 0. The largest absolute Gasteiger partial charge is 0.380 e. The number of nitrogens with one attached hydrogen (secondary N) is 1. The van der Waals surface area contributed by atoms with E-state index in [1.165, 1.54) is 6.07 Å². The molecule has 2 aromatic rings. The van der Waals surface area contributed by atoms with Gasteiger partial charge in [-0.05, 0) is 48.6 Å². The second kappa shape index (κ2) is 5.60. The summed E-state index contributed by atoms with van der Waals surface area (Å²) < 4.78 is 39.6. The van der Waals surface area contributed by atoms with Gasteiger partial charge in [-0.2, -0.15) is 0 Å². The molecule has 1 aliphatic carbocycles. The van der Waals surface area contributed by atoms with Gasteiger partial charge in [0.25, 0.3) is 0 Å². The lowest BCUT2D eigenvalue weighted by Gasteiger charge is -2.37. The molecule has 0 amide bonds. The fraction of sp³-hybridized carbons (Fsp3) is 0.250. The van der Waals surface area contributed by atoms with Crippen LogP contribution in [0.25, 0.3) is 0 Å². The van der Waals surface area contributed by atoms with Crippen LogP contribution in [0.2, 0.25) is 5.02 Å². The normalized spacial score (nSPS) is 21.0. The van der Waals surface area contributed by atoms with Gasteiger partial charge < -0.3 is 5.32 Å². The summed E-state index contributed by atoms with van der Waals surface area (Å²) in [5.74, 6) is -3.43. The van der Waals surface area contributed by atoms with Crippen LogP contribution in [-0.4, -0.2) is 6.04 Å². The first kappa shape index (κ1) is 14.3. The second-order valence-corrected chi connectivity index (χ2v) is 5.72. The molecule has 1 fully saturated rings. The van der Waals surface area contributed by atoms with Crippen LogP contribution in [0.5, 0.6) is 0 Å². The van der Waals surface area contributed by atoms with E-state index in [9.17, 15) is 13.2 Å². The van der Waals surface area contributed by atoms with Crippen molar-refractivity contribution in [1.82, 2.24) is 0 Å². The molecule has 0 aliphatic heterocycles. The van der Waals surface area contributed by atoms with Gasteiger partial charge in [-0.3, -0.25) is 0 Å². The summed E-state index contributed by atoms with van der Waals surface area (Å²) in [6.07, 6.45) is 1.61. The van der Waals surface area contributed by atoms with Crippen LogP contribution < -0.4 is 5.32 Å². The zero-order valence-electron chi connectivity index (χ0n) is 11.0. The van der Waals surface area contributed by atoms with Crippen molar-refractivity contribution in [1.29, 1.82) is 0 Å². The molecule has 2 aromatic carbocycles. The molecule has 0 heterocycles. The molecule has 1 N–H and O–H groups in total. The van der Waals surface area contributed by atoms with Crippen molar-refractivity contribution >= 4 is 17.3 Å². The summed E-state index contributed by atoms with van der Waals surface area (Å²) in [5, 5.41) is 3.60. The Morgan fingerprint density at radius 2 is 1.76 bits per heavy atom. The van der Waals surface area contributed by atoms with E-state index in [0.717, 1.165) is 24.5 Å². The highest BCUT2D eigenvalue weighted by Gasteiger charge is 2.31. The highest BCUT2D eigenvalue weighted by Crippen LogP contribution is 2.39. The van der Waals surface area contributed by atoms with E-state index in [4.69, 9.17) is 11.6 Å². The summed E-state index contributed by atoms with van der Waals surface area (Å²) in [5.41, 5.74) is 1.15. The quantitative estimate of drug-likeness (QED) is 0.776. The van der Waals surface area contributed by atoms with E-state index in [1.54, 1.807) is 0 Å². The molecule has 3 rings (SSSR count). The molecule has 0 atom stereocenters. The Morgan fingerprint density at radius 1 is 1.00 bits per heavy atom. The maximum absolute atomic E-state index is 13.6. The lowest BCUT2D eigenvalue weighted by atomic mass is 9.76. The monoisotopic (exact) mass is 311 g/mol. The third kappa shape index (κ3) is 2.86. The first-order chi connectivity index (χ1) is 10.0. The zero-order chi connectivity index (χ0) is 15.0. The molecule has 1 nitrogen and oxygen atoms in total. The smallest absolute Gasteiger partial charge is 0.196 e. The topological polar surface area (TPSA) is 12.0 Å². The van der Waals surface area contributed by atoms with Crippen LogP contribution in [0.3, 0.4) is 0 Å². The summed E-state index contributed by atoms with van der Waals surface area (Å²) in [6, 6.07) is 9.83. The second-order valence-electron chi connectivity index (χ2n) is 5.29. The van der Waals surface area contributed by atoms with Crippen LogP contribution in [0.1, 0.15) is 24.3 Å². The Morgan fingerprint density at radius 3 is 2.48 bits per heavy atom. The van der Waals surface area contributed by atoms with Crippen LogP contribution >= 0.6 is 11.6 Å². The third-order valence-corrected chi connectivity index (χ3v) is 4.09. The highest BCUT2D eigenvalue weighted by molar-refractivity contribution is 6.30. The van der Waals surface area contributed by atoms with Crippen LogP contribution in [0, 0.1) is 17.5 Å². The maximum Gasteiger partial charge on any atom is 0.196 e. The predicted molar refractivity (Wildman–Crippen MR) is 77.2 cm³/mol. The highest BCUT2D eigenvalue weighted by atomic mass is 35.5. The standard InChI is InChI=1S/C16H13ClF3N/c17-11-3-1-2-9(6-11)10-7-12(8-10)21-14-5-4-13(18)15(19)16(14)20/h1-6,10,12,21H,7-8H2. The molecule has 0 aromatic heterocycles. The third-order valence-electron chi connectivity index (χ3n) is 3.85. The van der Waals surface area contributed by atoms with E-state index in [2.05, 4.69) is 5.32 Å². The van der Waals surface area contributed by atoms with Crippen molar-refractivity contribution in [3.8, 4) is 0 Å². The maximum atomic E-state index is 13.6. The van der Waals surface area contributed by atoms with Gasteiger partial charge in [0.15, 0.2) is 17.5 Å². The molecule has 1 aliphatic rings. The van der Waals surface area contributed by atoms with Crippen molar-refractivity contribution in [2.24, 2.45) is 0 Å². The fourth-order valence-corrected chi connectivity index (χ4v) is 2.82. The number of hydrogen-bond donors (Lipinski definition) is 1. The minimum Gasteiger partial charge on any atom is -0.380 e. The predicted octanol–water partition coefficient (Wildman–Crippen LogP) is 5.12. The molecule has 1 saturated carbocycles. The van der Waals surface area contributed by atoms with Gasteiger partial charge in [-0.15, -0.1) is 0 Å². The van der Waals surface area contributed by atoms with Crippen LogP contribution in [0.15, 0.2) is 36.4 Å². The molecule has 21 heavy (non-hydrogen) atoms. The number of hydrogen-bond acceptors (Lipinski definition) is 1. The van der Waals surface area contributed by atoms with E-state index >= 15 is 0 Å². The van der Waals surface area contributed by atoms with Crippen molar-refractivity contribution in [3.05, 3.63) is 64.4 Å². The number of benzene rings is 2. The zero-order valence-corrected chi connectivity index (χ0v) is 11.8. The van der Waals surface area contributed by atoms with E-state index < -0.39 is 17.5 Å². The number of anilines is 1. The number of halogens is 4. The molecule has 110 valence electrons. The SMILES string of the molecule is Fc1ccc(NC2CC(c3cccc(Cl)c3)C2)c(F)c1F. The number of rotatable bonds is 3. The lowest BCUT2D eigenvalue weighted by molar-refractivity contribution is 0.371. The summed E-state index contributed by atoms with van der Waals surface area (Å²) >= 11 is 5.95. The molecule has 0 saturated heterocycles.